The van der Waals surface area contributed by atoms with Crippen LogP contribution in [0.15, 0.2) is 53.2 Å². The Labute approximate surface area is 198 Å². The van der Waals surface area contributed by atoms with Crippen molar-refractivity contribution in [3.63, 3.8) is 0 Å². The second kappa shape index (κ2) is 9.09. The van der Waals surface area contributed by atoms with Crippen LogP contribution in [0.25, 0.3) is 6.08 Å². The van der Waals surface area contributed by atoms with Crippen molar-refractivity contribution in [3.05, 3.63) is 64.4 Å². The SMILES string of the molecule is COc1ccc(OC)c(/C=C2\CCCC3=C2Nc2nnnn2C3c2cc(OC)ccc2OC)c1. The number of tetrazole rings is 1. The summed E-state index contributed by atoms with van der Waals surface area (Å²) in [7, 11) is 6.66. The number of ether oxygens (including phenoxy) is 4. The van der Waals surface area contributed by atoms with Crippen LogP contribution < -0.4 is 24.3 Å². The quantitative estimate of drug-likeness (QED) is 0.583. The van der Waals surface area contributed by atoms with Gasteiger partial charge in [0.2, 0.25) is 5.95 Å². The number of benzene rings is 2. The maximum absolute atomic E-state index is 5.72. The van der Waals surface area contributed by atoms with E-state index in [1.807, 2.05) is 41.1 Å². The van der Waals surface area contributed by atoms with Gasteiger partial charge in [-0.15, -0.1) is 0 Å². The predicted molar refractivity (Wildman–Crippen MR) is 128 cm³/mol. The number of nitrogens with one attached hydrogen (secondary N) is 1. The Morgan fingerprint density at radius 1 is 0.912 bits per heavy atom. The molecule has 1 aromatic heterocycles. The summed E-state index contributed by atoms with van der Waals surface area (Å²) in [4.78, 5) is 0. The predicted octanol–water partition coefficient (Wildman–Crippen LogP) is 4.24. The van der Waals surface area contributed by atoms with Crippen LogP contribution in [-0.4, -0.2) is 48.6 Å². The number of allylic oxidation sites excluding steroid dienone is 2. The maximum Gasteiger partial charge on any atom is 0.248 e. The summed E-state index contributed by atoms with van der Waals surface area (Å²) in [6.07, 6.45) is 4.97. The fourth-order valence-electron chi connectivity index (χ4n) is 4.73. The molecular weight excluding hydrogens is 434 g/mol. The van der Waals surface area contributed by atoms with Gasteiger partial charge in [-0.05, 0) is 83.3 Å². The number of anilines is 1. The molecule has 1 N–H and O–H groups in total. The Hall–Kier alpha value is -4.01. The zero-order valence-corrected chi connectivity index (χ0v) is 19.7. The van der Waals surface area contributed by atoms with Crippen molar-refractivity contribution in [1.29, 1.82) is 0 Å². The van der Waals surface area contributed by atoms with Gasteiger partial charge in [-0.3, -0.25) is 0 Å². The molecule has 1 aliphatic heterocycles. The zero-order chi connectivity index (χ0) is 23.7. The molecule has 0 bridgehead atoms. The van der Waals surface area contributed by atoms with E-state index in [9.17, 15) is 0 Å². The zero-order valence-electron chi connectivity index (χ0n) is 19.7. The molecule has 1 atom stereocenters. The van der Waals surface area contributed by atoms with Crippen molar-refractivity contribution in [1.82, 2.24) is 20.2 Å². The van der Waals surface area contributed by atoms with Gasteiger partial charge >= 0.3 is 0 Å². The minimum absolute atomic E-state index is 0.220. The van der Waals surface area contributed by atoms with Gasteiger partial charge < -0.3 is 24.3 Å². The summed E-state index contributed by atoms with van der Waals surface area (Å²) in [6.45, 7) is 0. The molecule has 0 spiro atoms. The lowest BCUT2D eigenvalue weighted by molar-refractivity contribution is 0.390. The van der Waals surface area contributed by atoms with E-state index in [4.69, 9.17) is 18.9 Å². The number of hydrogen-bond acceptors (Lipinski definition) is 8. The van der Waals surface area contributed by atoms with Crippen LogP contribution in [0.2, 0.25) is 0 Å². The summed E-state index contributed by atoms with van der Waals surface area (Å²) < 4.78 is 24.1. The number of rotatable bonds is 6. The Bertz CT molecular complexity index is 1280. The van der Waals surface area contributed by atoms with E-state index < -0.39 is 0 Å². The van der Waals surface area contributed by atoms with E-state index in [0.717, 1.165) is 64.7 Å². The van der Waals surface area contributed by atoms with Crippen molar-refractivity contribution >= 4 is 12.0 Å². The molecule has 0 radical (unpaired) electrons. The average Bonchev–Trinajstić information content (AvgIpc) is 3.35. The molecule has 1 aliphatic carbocycles. The fraction of sp³-hybridized carbons (Fsp3) is 0.320. The number of fused-ring (bicyclic) bond motifs is 1. The number of aromatic nitrogens is 4. The van der Waals surface area contributed by atoms with Crippen LogP contribution in [0.5, 0.6) is 23.0 Å². The summed E-state index contributed by atoms with van der Waals surface area (Å²) in [5.74, 6) is 3.65. The molecule has 0 saturated carbocycles. The lowest BCUT2D eigenvalue weighted by Gasteiger charge is -2.34. The Morgan fingerprint density at radius 2 is 1.65 bits per heavy atom. The van der Waals surface area contributed by atoms with Gasteiger partial charge in [-0.25, -0.2) is 0 Å². The second-order valence-corrected chi connectivity index (χ2v) is 8.11. The van der Waals surface area contributed by atoms with Gasteiger partial charge in [0.1, 0.15) is 29.0 Å². The Balaban J connectivity index is 1.68. The Morgan fingerprint density at radius 3 is 2.38 bits per heavy atom. The topological polar surface area (TPSA) is 92.6 Å². The molecular formula is C25H27N5O4. The van der Waals surface area contributed by atoms with Gasteiger partial charge in [0.15, 0.2) is 0 Å². The van der Waals surface area contributed by atoms with Gasteiger partial charge in [0, 0.05) is 16.8 Å². The first-order valence-corrected chi connectivity index (χ1v) is 11.1. The number of hydrogen-bond donors (Lipinski definition) is 1. The molecule has 9 nitrogen and oxygen atoms in total. The molecule has 0 fully saturated rings. The maximum atomic E-state index is 5.72. The van der Waals surface area contributed by atoms with E-state index >= 15 is 0 Å². The van der Waals surface area contributed by atoms with E-state index in [-0.39, 0.29) is 6.04 Å². The third-order valence-corrected chi connectivity index (χ3v) is 6.34. The van der Waals surface area contributed by atoms with Crippen LogP contribution in [0.3, 0.4) is 0 Å². The minimum atomic E-state index is -0.220. The van der Waals surface area contributed by atoms with Crippen LogP contribution in [-0.2, 0) is 0 Å². The molecule has 176 valence electrons. The van der Waals surface area contributed by atoms with Gasteiger partial charge in [0.05, 0.1) is 28.4 Å². The molecule has 5 rings (SSSR count). The van der Waals surface area contributed by atoms with Gasteiger partial charge in [0.25, 0.3) is 0 Å². The Kier molecular flexibility index (Phi) is 5.83. The van der Waals surface area contributed by atoms with Crippen LogP contribution in [0.1, 0.15) is 36.4 Å². The van der Waals surface area contributed by atoms with E-state index in [2.05, 4.69) is 26.9 Å². The third kappa shape index (κ3) is 3.72. The van der Waals surface area contributed by atoms with E-state index in [1.54, 1.807) is 28.4 Å². The summed E-state index contributed by atoms with van der Waals surface area (Å²) in [5.41, 5.74) is 5.30. The van der Waals surface area contributed by atoms with Crippen LogP contribution in [0.4, 0.5) is 5.95 Å². The number of methoxy groups -OCH3 is 4. The van der Waals surface area contributed by atoms with Crippen molar-refractivity contribution < 1.29 is 18.9 Å². The summed E-state index contributed by atoms with van der Waals surface area (Å²) >= 11 is 0. The highest BCUT2D eigenvalue weighted by molar-refractivity contribution is 5.69. The van der Waals surface area contributed by atoms with Gasteiger partial charge in [-0.1, -0.05) is 5.10 Å². The monoisotopic (exact) mass is 461 g/mol. The van der Waals surface area contributed by atoms with Crippen LogP contribution in [0, 0.1) is 0 Å². The molecule has 1 unspecified atom stereocenters. The van der Waals surface area contributed by atoms with Crippen molar-refractivity contribution in [2.75, 3.05) is 33.8 Å². The first kappa shape index (κ1) is 21.8. The highest BCUT2D eigenvalue weighted by Gasteiger charge is 2.35. The standard InChI is InChI=1S/C25H27N5O4/c1-31-17-8-10-21(33-3)16(13-17)12-15-6-5-7-19-23(15)26-25-27-28-29-30(25)24(19)20-14-18(32-2)9-11-22(20)34-4/h8-14,24H,5-7H2,1-4H3,(H,26,27,29)/b15-12+. The molecule has 9 heteroatoms. The van der Waals surface area contributed by atoms with Crippen molar-refractivity contribution in [2.24, 2.45) is 0 Å². The average molecular weight is 462 g/mol. The molecule has 2 heterocycles. The normalized spacial score (nSPS) is 18.1. The summed E-state index contributed by atoms with van der Waals surface area (Å²) in [6, 6.07) is 11.4. The first-order chi connectivity index (χ1) is 16.7. The lowest BCUT2D eigenvalue weighted by Crippen LogP contribution is -2.28. The molecule has 0 amide bonds. The van der Waals surface area contributed by atoms with Gasteiger partial charge in [-0.2, -0.15) is 4.68 Å². The lowest BCUT2D eigenvalue weighted by atomic mass is 9.83. The fourth-order valence-corrected chi connectivity index (χ4v) is 4.73. The molecule has 0 saturated heterocycles. The molecule has 2 aromatic carbocycles. The van der Waals surface area contributed by atoms with E-state index in [1.165, 1.54) is 5.57 Å². The second-order valence-electron chi connectivity index (χ2n) is 8.11. The smallest absolute Gasteiger partial charge is 0.248 e. The molecule has 34 heavy (non-hydrogen) atoms. The summed E-state index contributed by atoms with van der Waals surface area (Å²) in [5, 5.41) is 16.0. The highest BCUT2D eigenvalue weighted by atomic mass is 16.5. The van der Waals surface area contributed by atoms with Crippen molar-refractivity contribution in [3.8, 4) is 23.0 Å². The highest BCUT2D eigenvalue weighted by Crippen LogP contribution is 2.46. The molecule has 2 aliphatic rings. The van der Waals surface area contributed by atoms with Crippen molar-refractivity contribution in [2.45, 2.75) is 25.3 Å². The first-order valence-electron chi connectivity index (χ1n) is 11.1. The van der Waals surface area contributed by atoms with E-state index in [0.29, 0.717) is 5.95 Å². The largest absolute Gasteiger partial charge is 0.497 e. The minimum Gasteiger partial charge on any atom is -0.497 e. The third-order valence-electron chi connectivity index (χ3n) is 6.34. The molecule has 3 aromatic rings. The van der Waals surface area contributed by atoms with Crippen LogP contribution >= 0.6 is 0 Å². The number of nitrogens with zero attached hydrogens (tertiary/aromatic N) is 4.